The third-order valence-electron chi connectivity index (χ3n) is 2.32. The molecule has 0 amide bonds. The predicted molar refractivity (Wildman–Crippen MR) is 63.5 cm³/mol. The lowest BCUT2D eigenvalue weighted by Crippen LogP contribution is -2.37. The Labute approximate surface area is 113 Å². The molecule has 1 aromatic heterocycles. The molecule has 0 aromatic carbocycles. The minimum absolute atomic E-state index is 0.0615. The standard InChI is InChI=1S/C9H13N3O7S/c1-4-6(8(14)15)7(12-11-4)20(17,18)10-3-5(13)9(16)19-2/h5,10,13H,3H2,1-2H3,(H,11,12)(H,14,15). The number of sulfonamides is 1. The number of nitrogens with one attached hydrogen (secondary N) is 2. The number of carbonyl (C=O) groups excluding carboxylic acids is 1. The van der Waals surface area contributed by atoms with Crippen LogP contribution in [0.1, 0.15) is 16.1 Å². The van der Waals surface area contributed by atoms with E-state index in [1.807, 2.05) is 4.72 Å². The van der Waals surface area contributed by atoms with Crippen molar-refractivity contribution in [2.45, 2.75) is 18.1 Å². The zero-order chi connectivity index (χ0) is 15.5. The molecule has 0 radical (unpaired) electrons. The number of aliphatic hydroxyl groups excluding tert-OH is 1. The van der Waals surface area contributed by atoms with Crippen molar-refractivity contribution < 1.29 is 33.0 Å². The van der Waals surface area contributed by atoms with Gasteiger partial charge in [-0.15, -0.1) is 0 Å². The molecule has 0 spiro atoms. The smallest absolute Gasteiger partial charge is 0.340 e. The van der Waals surface area contributed by atoms with Crippen molar-refractivity contribution in [1.29, 1.82) is 0 Å². The highest BCUT2D eigenvalue weighted by molar-refractivity contribution is 7.89. The summed E-state index contributed by atoms with van der Waals surface area (Å²) in [5, 5.41) is 23.1. The van der Waals surface area contributed by atoms with Gasteiger partial charge in [0.25, 0.3) is 10.0 Å². The molecule has 11 heteroatoms. The summed E-state index contributed by atoms with van der Waals surface area (Å²) < 4.78 is 29.8. The van der Waals surface area contributed by atoms with Crippen molar-refractivity contribution in [2.75, 3.05) is 13.7 Å². The third kappa shape index (κ3) is 3.31. The number of H-pyrrole nitrogens is 1. The molecule has 0 bridgehead atoms. The Kier molecular flexibility index (Phi) is 4.81. The molecule has 1 heterocycles. The van der Waals surface area contributed by atoms with E-state index in [2.05, 4.69) is 14.9 Å². The van der Waals surface area contributed by atoms with Crippen LogP contribution in [-0.2, 0) is 19.6 Å². The van der Waals surface area contributed by atoms with E-state index in [4.69, 9.17) is 5.11 Å². The normalized spacial score (nSPS) is 12.9. The summed E-state index contributed by atoms with van der Waals surface area (Å²) >= 11 is 0. The molecule has 112 valence electrons. The summed E-state index contributed by atoms with van der Waals surface area (Å²) in [4.78, 5) is 21.9. The first kappa shape index (κ1) is 16.1. The molecule has 0 aliphatic heterocycles. The van der Waals surface area contributed by atoms with Crippen molar-refractivity contribution in [1.82, 2.24) is 14.9 Å². The number of nitrogens with zero attached hydrogens (tertiary/aromatic N) is 1. The van der Waals surface area contributed by atoms with Crippen LogP contribution >= 0.6 is 0 Å². The van der Waals surface area contributed by atoms with E-state index in [0.29, 0.717) is 0 Å². The summed E-state index contributed by atoms with van der Waals surface area (Å²) in [6.07, 6.45) is -1.71. The van der Waals surface area contributed by atoms with E-state index in [9.17, 15) is 23.1 Å². The van der Waals surface area contributed by atoms with E-state index >= 15 is 0 Å². The third-order valence-corrected chi connectivity index (χ3v) is 3.67. The second kappa shape index (κ2) is 5.98. The number of carboxylic acids is 1. The van der Waals surface area contributed by atoms with E-state index in [1.54, 1.807) is 0 Å². The molecule has 1 rings (SSSR count). The first-order chi connectivity index (χ1) is 9.20. The molecule has 0 aliphatic rings. The molecule has 10 nitrogen and oxygen atoms in total. The Morgan fingerprint density at radius 2 is 2.10 bits per heavy atom. The van der Waals surface area contributed by atoms with Gasteiger partial charge in [0.2, 0.25) is 5.03 Å². The van der Waals surface area contributed by atoms with Crippen LogP contribution in [-0.4, -0.2) is 60.5 Å². The number of methoxy groups -OCH3 is 1. The van der Waals surface area contributed by atoms with Gasteiger partial charge in [-0.3, -0.25) is 5.10 Å². The summed E-state index contributed by atoms with van der Waals surface area (Å²) in [6, 6.07) is 0. The maximum absolute atomic E-state index is 11.9. The van der Waals surface area contributed by atoms with Crippen LogP contribution in [0, 0.1) is 6.92 Å². The monoisotopic (exact) mass is 307 g/mol. The fourth-order valence-corrected chi connectivity index (χ4v) is 2.52. The largest absolute Gasteiger partial charge is 0.478 e. The first-order valence-electron chi connectivity index (χ1n) is 5.24. The lowest BCUT2D eigenvalue weighted by atomic mass is 10.3. The van der Waals surface area contributed by atoms with Gasteiger partial charge in [-0.1, -0.05) is 0 Å². The number of aromatic carboxylic acids is 1. The van der Waals surface area contributed by atoms with Crippen molar-refractivity contribution in [3.05, 3.63) is 11.3 Å². The second-order valence-electron chi connectivity index (χ2n) is 3.72. The molecule has 0 saturated heterocycles. The van der Waals surface area contributed by atoms with Gasteiger partial charge in [0.05, 0.1) is 7.11 Å². The first-order valence-corrected chi connectivity index (χ1v) is 6.72. The van der Waals surface area contributed by atoms with Crippen LogP contribution in [0.5, 0.6) is 0 Å². The van der Waals surface area contributed by atoms with Gasteiger partial charge in [0, 0.05) is 12.2 Å². The lowest BCUT2D eigenvalue weighted by Gasteiger charge is -2.09. The Hall–Kier alpha value is -1.98. The molecule has 0 saturated carbocycles. The molecule has 1 aromatic rings. The fraction of sp³-hybridized carbons (Fsp3) is 0.444. The molecule has 20 heavy (non-hydrogen) atoms. The number of aromatic amines is 1. The van der Waals surface area contributed by atoms with E-state index < -0.39 is 45.2 Å². The molecular weight excluding hydrogens is 294 g/mol. The zero-order valence-corrected chi connectivity index (χ0v) is 11.4. The number of aromatic nitrogens is 2. The summed E-state index contributed by atoms with van der Waals surface area (Å²) in [5.74, 6) is -2.49. The topological polar surface area (TPSA) is 159 Å². The minimum Gasteiger partial charge on any atom is -0.478 e. The summed E-state index contributed by atoms with van der Waals surface area (Å²) in [6.45, 7) is 0.679. The van der Waals surface area contributed by atoms with E-state index in [-0.39, 0.29) is 5.69 Å². The SMILES string of the molecule is COC(=O)C(O)CNS(=O)(=O)c1n[nH]c(C)c1C(=O)O. The molecule has 1 unspecified atom stereocenters. The van der Waals surface area contributed by atoms with Crippen molar-refractivity contribution in [3.63, 3.8) is 0 Å². The van der Waals surface area contributed by atoms with Gasteiger partial charge in [0.1, 0.15) is 5.56 Å². The Morgan fingerprint density at radius 1 is 1.50 bits per heavy atom. The number of rotatable bonds is 6. The van der Waals surface area contributed by atoms with Gasteiger partial charge in [0.15, 0.2) is 6.10 Å². The number of hydrogen-bond acceptors (Lipinski definition) is 7. The quantitative estimate of drug-likeness (QED) is 0.449. The van der Waals surface area contributed by atoms with Crippen LogP contribution in [0.4, 0.5) is 0 Å². The van der Waals surface area contributed by atoms with Gasteiger partial charge in [-0.05, 0) is 6.92 Å². The minimum atomic E-state index is -4.29. The summed E-state index contributed by atoms with van der Waals surface area (Å²) in [5.41, 5.74) is -0.448. The van der Waals surface area contributed by atoms with Crippen molar-refractivity contribution in [3.8, 4) is 0 Å². The van der Waals surface area contributed by atoms with Crippen LogP contribution in [0.3, 0.4) is 0 Å². The van der Waals surface area contributed by atoms with Crippen molar-refractivity contribution >= 4 is 22.0 Å². The lowest BCUT2D eigenvalue weighted by molar-refractivity contribution is -0.149. The van der Waals surface area contributed by atoms with Crippen LogP contribution in [0.15, 0.2) is 5.03 Å². The van der Waals surface area contributed by atoms with Gasteiger partial charge >= 0.3 is 11.9 Å². The van der Waals surface area contributed by atoms with Crippen molar-refractivity contribution in [2.24, 2.45) is 0 Å². The van der Waals surface area contributed by atoms with E-state index in [0.717, 1.165) is 7.11 Å². The van der Waals surface area contributed by atoms with Gasteiger partial charge < -0.3 is 14.9 Å². The number of carbonyl (C=O) groups is 2. The molecule has 0 fully saturated rings. The number of aryl methyl sites for hydroxylation is 1. The number of esters is 1. The highest BCUT2D eigenvalue weighted by Gasteiger charge is 2.29. The maximum Gasteiger partial charge on any atom is 0.340 e. The highest BCUT2D eigenvalue weighted by Crippen LogP contribution is 2.15. The number of ether oxygens (including phenoxy) is 1. The van der Waals surface area contributed by atoms with Gasteiger partial charge in [-0.25, -0.2) is 22.7 Å². The van der Waals surface area contributed by atoms with Crippen LogP contribution in [0.25, 0.3) is 0 Å². The Bertz CT molecular complexity index is 621. The summed E-state index contributed by atoms with van der Waals surface area (Å²) in [7, 11) is -3.27. The molecule has 4 N–H and O–H groups in total. The highest BCUT2D eigenvalue weighted by atomic mass is 32.2. The molecule has 0 aliphatic carbocycles. The number of carboxylic acid groups (broad SMARTS) is 1. The Morgan fingerprint density at radius 3 is 2.60 bits per heavy atom. The molecule has 1 atom stereocenters. The zero-order valence-electron chi connectivity index (χ0n) is 10.6. The average molecular weight is 307 g/mol. The van der Waals surface area contributed by atoms with E-state index in [1.165, 1.54) is 6.92 Å². The van der Waals surface area contributed by atoms with Crippen LogP contribution in [0.2, 0.25) is 0 Å². The fourth-order valence-electron chi connectivity index (χ4n) is 1.33. The molecular formula is C9H13N3O7S. The van der Waals surface area contributed by atoms with Crippen LogP contribution < -0.4 is 4.72 Å². The number of hydrogen-bond donors (Lipinski definition) is 4. The average Bonchev–Trinajstić information content (AvgIpc) is 2.77. The Balaban J connectivity index is 2.96. The number of aliphatic hydroxyl groups is 1. The van der Waals surface area contributed by atoms with Gasteiger partial charge in [-0.2, -0.15) is 5.10 Å². The predicted octanol–water partition coefficient (Wildman–Crippen LogP) is -1.77. The second-order valence-corrected chi connectivity index (χ2v) is 5.41. The maximum atomic E-state index is 11.9.